The van der Waals surface area contributed by atoms with Crippen LogP contribution in [0.2, 0.25) is 0 Å². The largest absolute Gasteiger partial charge is 0.370 e. The van der Waals surface area contributed by atoms with Crippen molar-refractivity contribution in [3.8, 4) is 0 Å². The van der Waals surface area contributed by atoms with Crippen LogP contribution < -0.4 is 9.80 Å². The van der Waals surface area contributed by atoms with Gasteiger partial charge in [-0.25, -0.2) is 4.98 Å². The molecule has 0 spiro atoms. The zero-order valence-electron chi connectivity index (χ0n) is 17.0. The van der Waals surface area contributed by atoms with Crippen molar-refractivity contribution in [2.45, 2.75) is 33.1 Å². The number of piperazine rings is 1. The summed E-state index contributed by atoms with van der Waals surface area (Å²) in [5.74, 6) is 0.0470. The van der Waals surface area contributed by atoms with Gasteiger partial charge in [-0.15, -0.1) is 0 Å². The molecule has 0 atom stereocenters. The number of amides is 1. The van der Waals surface area contributed by atoms with E-state index >= 15 is 0 Å². The van der Waals surface area contributed by atoms with Crippen molar-refractivity contribution >= 4 is 17.3 Å². The number of pyridine rings is 1. The number of rotatable bonds is 3. The van der Waals surface area contributed by atoms with Crippen LogP contribution in [0.4, 0.5) is 11.4 Å². The summed E-state index contributed by atoms with van der Waals surface area (Å²) in [4.78, 5) is 24.1. The maximum absolute atomic E-state index is 12.9. The highest BCUT2D eigenvalue weighted by Crippen LogP contribution is 2.24. The van der Waals surface area contributed by atoms with Crippen molar-refractivity contribution in [3.63, 3.8) is 0 Å². The fraction of sp³-hybridized carbons (Fsp3) is 0.478. The van der Waals surface area contributed by atoms with E-state index in [1.54, 1.807) is 0 Å². The van der Waals surface area contributed by atoms with Crippen molar-refractivity contribution in [2.24, 2.45) is 0 Å². The first-order valence-electron chi connectivity index (χ1n) is 10.4. The van der Waals surface area contributed by atoms with E-state index in [9.17, 15) is 4.79 Å². The van der Waals surface area contributed by atoms with Crippen molar-refractivity contribution in [1.82, 2.24) is 9.88 Å². The van der Waals surface area contributed by atoms with E-state index in [1.807, 2.05) is 17.2 Å². The van der Waals surface area contributed by atoms with Crippen molar-refractivity contribution in [1.29, 1.82) is 0 Å². The number of hydrogen-bond acceptors (Lipinski definition) is 4. The summed E-state index contributed by atoms with van der Waals surface area (Å²) in [7, 11) is 0. The quantitative estimate of drug-likeness (QED) is 0.817. The summed E-state index contributed by atoms with van der Waals surface area (Å²) in [6, 6.07) is 10.4. The van der Waals surface area contributed by atoms with E-state index in [4.69, 9.17) is 0 Å². The average Bonchev–Trinajstić information content (AvgIpc) is 2.76. The van der Waals surface area contributed by atoms with Crippen LogP contribution >= 0.6 is 0 Å². The smallest absolute Gasteiger partial charge is 0.272 e. The van der Waals surface area contributed by atoms with Gasteiger partial charge in [0, 0.05) is 45.0 Å². The Morgan fingerprint density at radius 2 is 1.61 bits per heavy atom. The summed E-state index contributed by atoms with van der Waals surface area (Å²) in [5, 5.41) is 0. The summed E-state index contributed by atoms with van der Waals surface area (Å²) in [6.07, 6.45) is 5.66. The standard InChI is InChI=1S/C23H30N4O/c1-18-7-6-8-22(19(18)2)26-13-15-27(16-14-26)23(28)21-10-9-20(17-24-21)25-11-4-3-5-12-25/h6-10,17H,3-5,11-16H2,1-2H3. The van der Waals surface area contributed by atoms with Crippen LogP contribution in [0.15, 0.2) is 36.5 Å². The van der Waals surface area contributed by atoms with Crippen molar-refractivity contribution in [3.05, 3.63) is 53.3 Å². The number of aryl methyl sites for hydroxylation is 1. The molecule has 1 amide bonds. The lowest BCUT2D eigenvalue weighted by atomic mass is 10.1. The maximum atomic E-state index is 12.9. The van der Waals surface area contributed by atoms with Gasteiger partial charge in [-0.05, 0) is 62.4 Å². The van der Waals surface area contributed by atoms with Crippen LogP contribution in [0.5, 0.6) is 0 Å². The van der Waals surface area contributed by atoms with E-state index < -0.39 is 0 Å². The second-order valence-electron chi connectivity index (χ2n) is 7.95. The van der Waals surface area contributed by atoms with Gasteiger partial charge in [-0.1, -0.05) is 12.1 Å². The Morgan fingerprint density at radius 3 is 2.29 bits per heavy atom. The molecule has 4 rings (SSSR count). The molecule has 1 aromatic heterocycles. The summed E-state index contributed by atoms with van der Waals surface area (Å²) in [6.45, 7) is 9.71. The summed E-state index contributed by atoms with van der Waals surface area (Å²) >= 11 is 0. The van der Waals surface area contributed by atoms with Gasteiger partial charge in [0.1, 0.15) is 5.69 Å². The van der Waals surface area contributed by atoms with Gasteiger partial charge in [0.15, 0.2) is 0 Å². The number of hydrogen-bond donors (Lipinski definition) is 0. The fourth-order valence-corrected chi connectivity index (χ4v) is 4.24. The first kappa shape index (κ1) is 18.8. The third kappa shape index (κ3) is 3.84. The van der Waals surface area contributed by atoms with E-state index in [0.29, 0.717) is 5.69 Å². The average molecular weight is 379 g/mol. The highest BCUT2D eigenvalue weighted by atomic mass is 16.2. The molecular formula is C23H30N4O. The van der Waals surface area contributed by atoms with Gasteiger partial charge in [0.25, 0.3) is 5.91 Å². The minimum absolute atomic E-state index is 0.0470. The Morgan fingerprint density at radius 1 is 0.857 bits per heavy atom. The first-order valence-corrected chi connectivity index (χ1v) is 10.4. The number of piperidine rings is 1. The molecule has 148 valence electrons. The molecule has 0 unspecified atom stereocenters. The predicted octanol–water partition coefficient (Wildman–Crippen LogP) is 3.65. The van der Waals surface area contributed by atoms with E-state index in [-0.39, 0.29) is 5.91 Å². The molecule has 0 saturated carbocycles. The zero-order valence-corrected chi connectivity index (χ0v) is 17.0. The van der Waals surface area contributed by atoms with Crippen LogP contribution in [-0.2, 0) is 0 Å². The Balaban J connectivity index is 1.38. The number of carbonyl (C=O) groups is 1. The topological polar surface area (TPSA) is 39.7 Å². The van der Waals surface area contributed by atoms with E-state index in [0.717, 1.165) is 45.0 Å². The highest BCUT2D eigenvalue weighted by Gasteiger charge is 2.24. The first-order chi connectivity index (χ1) is 13.6. The predicted molar refractivity (Wildman–Crippen MR) is 114 cm³/mol. The van der Waals surface area contributed by atoms with Crippen LogP contribution in [0.3, 0.4) is 0 Å². The van der Waals surface area contributed by atoms with Crippen LogP contribution in [0, 0.1) is 13.8 Å². The van der Waals surface area contributed by atoms with E-state index in [2.05, 4.69) is 52.9 Å². The minimum Gasteiger partial charge on any atom is -0.370 e. The molecule has 0 aliphatic carbocycles. The molecule has 0 N–H and O–H groups in total. The molecule has 2 aliphatic rings. The molecule has 3 heterocycles. The number of carbonyl (C=O) groups excluding carboxylic acids is 1. The lowest BCUT2D eigenvalue weighted by Gasteiger charge is -2.37. The molecule has 1 aromatic carbocycles. The maximum Gasteiger partial charge on any atom is 0.272 e. The van der Waals surface area contributed by atoms with Gasteiger partial charge >= 0.3 is 0 Å². The molecule has 5 nitrogen and oxygen atoms in total. The summed E-state index contributed by atoms with van der Waals surface area (Å²) in [5.41, 5.74) is 5.62. The molecule has 0 bridgehead atoms. The Kier molecular flexibility index (Phi) is 5.51. The van der Waals surface area contributed by atoms with Crippen LogP contribution in [-0.4, -0.2) is 55.1 Å². The van der Waals surface area contributed by atoms with Gasteiger partial charge in [0.2, 0.25) is 0 Å². The number of anilines is 2. The van der Waals surface area contributed by atoms with E-state index in [1.165, 1.54) is 36.1 Å². The number of benzene rings is 1. The summed E-state index contributed by atoms with van der Waals surface area (Å²) < 4.78 is 0. The SMILES string of the molecule is Cc1cccc(N2CCN(C(=O)c3ccc(N4CCCCC4)cn3)CC2)c1C. The third-order valence-electron chi connectivity index (χ3n) is 6.17. The Hall–Kier alpha value is -2.56. The molecular weight excluding hydrogens is 348 g/mol. The monoisotopic (exact) mass is 378 g/mol. The molecule has 0 radical (unpaired) electrons. The van der Waals surface area contributed by atoms with Gasteiger partial charge in [-0.2, -0.15) is 0 Å². The second-order valence-corrected chi connectivity index (χ2v) is 7.95. The molecule has 28 heavy (non-hydrogen) atoms. The zero-order chi connectivity index (χ0) is 19.5. The second kappa shape index (κ2) is 8.21. The fourth-order valence-electron chi connectivity index (χ4n) is 4.24. The normalized spacial score (nSPS) is 17.7. The van der Waals surface area contributed by atoms with Crippen LogP contribution in [0.1, 0.15) is 40.9 Å². The number of nitrogens with zero attached hydrogens (tertiary/aromatic N) is 4. The molecule has 2 aliphatic heterocycles. The van der Waals surface area contributed by atoms with Crippen molar-refractivity contribution in [2.75, 3.05) is 49.1 Å². The number of aromatic nitrogens is 1. The Bertz CT molecular complexity index is 819. The van der Waals surface area contributed by atoms with Crippen LogP contribution in [0.25, 0.3) is 0 Å². The molecule has 5 heteroatoms. The lowest BCUT2D eigenvalue weighted by molar-refractivity contribution is 0.0741. The van der Waals surface area contributed by atoms with Gasteiger partial charge < -0.3 is 14.7 Å². The third-order valence-corrected chi connectivity index (χ3v) is 6.17. The van der Waals surface area contributed by atoms with Crippen molar-refractivity contribution < 1.29 is 4.79 Å². The highest BCUT2D eigenvalue weighted by molar-refractivity contribution is 5.92. The Labute approximate surface area is 168 Å². The molecule has 2 aromatic rings. The lowest BCUT2D eigenvalue weighted by Crippen LogP contribution is -2.49. The van der Waals surface area contributed by atoms with Gasteiger partial charge in [-0.3, -0.25) is 4.79 Å². The van der Waals surface area contributed by atoms with Gasteiger partial charge in [0.05, 0.1) is 11.9 Å². The molecule has 2 fully saturated rings. The molecule has 2 saturated heterocycles. The minimum atomic E-state index is 0.0470.